The second kappa shape index (κ2) is 8.37. The fourth-order valence-corrected chi connectivity index (χ4v) is 7.10. The highest BCUT2D eigenvalue weighted by Gasteiger charge is 2.52. The third-order valence-electron chi connectivity index (χ3n) is 6.99. The maximum atomic E-state index is 12.4. The van der Waals surface area contributed by atoms with Gasteiger partial charge in [-0.05, 0) is 32.6 Å². The van der Waals surface area contributed by atoms with Gasteiger partial charge in [-0.25, -0.2) is 10.4 Å². The van der Waals surface area contributed by atoms with Crippen molar-refractivity contribution in [2.24, 2.45) is 5.92 Å². The van der Waals surface area contributed by atoms with Gasteiger partial charge in [-0.15, -0.1) is 0 Å². The average Bonchev–Trinajstić information content (AvgIpc) is 3.32. The fraction of sp³-hybridized carbons (Fsp3) is 0.947. The summed E-state index contributed by atoms with van der Waals surface area (Å²) >= 11 is 1.88. The van der Waals surface area contributed by atoms with Crippen LogP contribution in [0.25, 0.3) is 0 Å². The number of esters is 1. The number of carbonyl (C=O) groups is 1. The minimum absolute atomic E-state index is 0.0445. The molecule has 158 valence electrons. The smallest absolute Gasteiger partial charge is 0.327 e. The highest BCUT2D eigenvalue weighted by Crippen LogP contribution is 2.42. The van der Waals surface area contributed by atoms with Gasteiger partial charge in [0.1, 0.15) is 6.17 Å². The normalized spacial score (nSPS) is 45.9. The average molecular weight is 412 g/mol. The number of fused-ring (bicyclic) bond motifs is 4. The van der Waals surface area contributed by atoms with Crippen molar-refractivity contribution >= 4 is 17.7 Å². The van der Waals surface area contributed by atoms with Crippen LogP contribution in [0.15, 0.2) is 0 Å². The van der Waals surface area contributed by atoms with E-state index in [1.54, 1.807) is 0 Å². The summed E-state index contributed by atoms with van der Waals surface area (Å²) in [6, 6.07) is 0.537. The number of hydrogen-bond donors (Lipinski definition) is 4. The zero-order chi connectivity index (χ0) is 19.1. The minimum atomic E-state index is -0.397. The van der Waals surface area contributed by atoms with Crippen molar-refractivity contribution in [1.82, 2.24) is 26.6 Å². The summed E-state index contributed by atoms with van der Waals surface area (Å²) in [6.45, 7) is 2.25. The van der Waals surface area contributed by atoms with Gasteiger partial charge in [0.15, 0.2) is 11.6 Å². The maximum absolute atomic E-state index is 12.4. The summed E-state index contributed by atoms with van der Waals surface area (Å²) in [5, 5.41) is 9.96. The molecule has 8 atom stereocenters. The molecule has 0 aromatic heterocycles. The van der Waals surface area contributed by atoms with Crippen molar-refractivity contribution in [3.63, 3.8) is 0 Å². The van der Waals surface area contributed by atoms with Crippen LogP contribution in [0.2, 0.25) is 0 Å². The van der Waals surface area contributed by atoms with E-state index in [2.05, 4.69) is 26.6 Å². The molecule has 5 aliphatic rings. The van der Waals surface area contributed by atoms with Gasteiger partial charge in [0.05, 0.1) is 18.1 Å². The third kappa shape index (κ3) is 3.59. The van der Waals surface area contributed by atoms with Crippen molar-refractivity contribution in [3.05, 3.63) is 0 Å². The Morgan fingerprint density at radius 2 is 1.96 bits per heavy atom. The lowest BCUT2D eigenvalue weighted by atomic mass is 9.82. The molecule has 2 aliphatic carbocycles. The number of hydrogen-bond acceptors (Lipinski definition) is 9. The lowest BCUT2D eigenvalue weighted by Crippen LogP contribution is -2.67. The molecule has 5 fully saturated rings. The van der Waals surface area contributed by atoms with Crippen LogP contribution >= 0.6 is 11.8 Å². The summed E-state index contributed by atoms with van der Waals surface area (Å²) in [7, 11) is 0. The molecule has 0 amide bonds. The molecular formula is C19H33N5O3S. The molecule has 3 heterocycles. The fourth-order valence-electron chi connectivity index (χ4n) is 5.64. The first kappa shape index (κ1) is 19.5. The van der Waals surface area contributed by atoms with Gasteiger partial charge < -0.3 is 9.47 Å². The van der Waals surface area contributed by atoms with Crippen LogP contribution < -0.4 is 21.6 Å². The zero-order valence-electron chi connectivity index (χ0n) is 16.6. The van der Waals surface area contributed by atoms with Gasteiger partial charge in [0.25, 0.3) is 0 Å². The number of nitrogens with zero attached hydrogens (tertiary/aromatic N) is 1. The first-order chi connectivity index (χ1) is 13.7. The van der Waals surface area contributed by atoms with E-state index in [0.717, 1.165) is 6.42 Å². The topological polar surface area (TPSA) is 86.9 Å². The standard InChI is InChI=1S/C19H33N5O3S/c1-2-26-18(25)15-16-21-17(11-7-3-5-9-13(11)24(16)23-22-15)28-19-20-12-8-4-6-10-14(12)27-19/h11-17,19-23H,2-10H2,1H3. The molecule has 0 radical (unpaired) electrons. The first-order valence-corrected chi connectivity index (χ1v) is 12.0. The lowest BCUT2D eigenvalue weighted by Gasteiger charge is -2.49. The van der Waals surface area contributed by atoms with E-state index < -0.39 is 6.04 Å². The Morgan fingerprint density at radius 1 is 1.14 bits per heavy atom. The molecule has 2 saturated carbocycles. The number of hydrazine groups is 2. The van der Waals surface area contributed by atoms with Crippen LogP contribution in [0.4, 0.5) is 0 Å². The van der Waals surface area contributed by atoms with Crippen molar-refractivity contribution in [2.45, 2.75) is 99.6 Å². The molecular weight excluding hydrogens is 378 g/mol. The molecule has 3 saturated heterocycles. The van der Waals surface area contributed by atoms with Crippen LogP contribution in [0.5, 0.6) is 0 Å². The molecule has 0 bridgehead atoms. The van der Waals surface area contributed by atoms with Gasteiger partial charge >= 0.3 is 5.97 Å². The molecule has 4 N–H and O–H groups in total. The van der Waals surface area contributed by atoms with Crippen LogP contribution in [-0.4, -0.2) is 58.9 Å². The second-order valence-corrected chi connectivity index (χ2v) is 9.85. The van der Waals surface area contributed by atoms with Gasteiger partial charge in [0, 0.05) is 18.0 Å². The largest absolute Gasteiger partial charge is 0.465 e. The predicted molar refractivity (Wildman–Crippen MR) is 107 cm³/mol. The number of rotatable bonds is 4. The number of thioether (sulfide) groups is 1. The molecule has 0 spiro atoms. The van der Waals surface area contributed by atoms with E-state index in [-0.39, 0.29) is 23.1 Å². The summed E-state index contributed by atoms with van der Waals surface area (Å²) in [4.78, 5) is 12.4. The van der Waals surface area contributed by atoms with Crippen LogP contribution in [0, 0.1) is 5.92 Å². The molecule has 3 aliphatic heterocycles. The summed E-state index contributed by atoms with van der Waals surface area (Å²) < 4.78 is 11.6. The summed E-state index contributed by atoms with van der Waals surface area (Å²) in [5.74, 6) is 0.340. The molecule has 0 aromatic rings. The van der Waals surface area contributed by atoms with Gasteiger partial charge in [-0.1, -0.05) is 37.4 Å². The maximum Gasteiger partial charge on any atom is 0.327 e. The Labute approximate surface area is 171 Å². The van der Waals surface area contributed by atoms with Gasteiger partial charge in [-0.2, -0.15) is 5.53 Å². The van der Waals surface area contributed by atoms with Crippen molar-refractivity contribution in [2.75, 3.05) is 6.61 Å². The quantitative estimate of drug-likeness (QED) is 0.506. The number of nitrogens with one attached hydrogen (secondary N) is 4. The monoisotopic (exact) mass is 411 g/mol. The molecule has 0 aromatic carbocycles. The Hall–Kier alpha value is -0.420. The highest BCUT2D eigenvalue weighted by molar-refractivity contribution is 8.00. The van der Waals surface area contributed by atoms with Crippen LogP contribution in [0.3, 0.4) is 0 Å². The number of ether oxygens (including phenoxy) is 2. The van der Waals surface area contributed by atoms with E-state index in [0.29, 0.717) is 30.7 Å². The summed E-state index contributed by atoms with van der Waals surface area (Å²) in [6.07, 6.45) is 10.1. The van der Waals surface area contributed by atoms with Crippen molar-refractivity contribution in [3.8, 4) is 0 Å². The first-order valence-electron chi connectivity index (χ1n) is 11.0. The molecule has 9 heteroatoms. The van der Waals surface area contributed by atoms with Crippen molar-refractivity contribution in [1.29, 1.82) is 0 Å². The van der Waals surface area contributed by atoms with Gasteiger partial charge in [-0.3, -0.25) is 15.4 Å². The van der Waals surface area contributed by atoms with Crippen LogP contribution in [-0.2, 0) is 14.3 Å². The minimum Gasteiger partial charge on any atom is -0.465 e. The Balaban J connectivity index is 1.30. The summed E-state index contributed by atoms with van der Waals surface area (Å²) in [5.41, 5.74) is 6.46. The van der Waals surface area contributed by atoms with Crippen molar-refractivity contribution < 1.29 is 14.3 Å². The van der Waals surface area contributed by atoms with Crippen LogP contribution in [0.1, 0.15) is 58.3 Å². The SMILES string of the molecule is CCOC(=O)C1NNN2C3CCCCC3C(SC3NC4CCCCC4O3)NC12. The number of carbonyl (C=O) groups excluding carboxylic acids is 1. The second-order valence-electron chi connectivity index (χ2n) is 8.64. The molecule has 28 heavy (non-hydrogen) atoms. The van der Waals surface area contributed by atoms with E-state index in [1.807, 2.05) is 18.7 Å². The van der Waals surface area contributed by atoms with E-state index in [9.17, 15) is 4.79 Å². The Bertz CT molecular complexity index is 570. The lowest BCUT2D eigenvalue weighted by molar-refractivity contribution is -0.146. The van der Waals surface area contributed by atoms with E-state index in [1.165, 1.54) is 44.9 Å². The van der Waals surface area contributed by atoms with E-state index in [4.69, 9.17) is 9.47 Å². The molecule has 5 rings (SSSR count). The highest BCUT2D eigenvalue weighted by atomic mass is 32.2. The predicted octanol–water partition coefficient (Wildman–Crippen LogP) is 1.00. The molecule has 8 unspecified atom stereocenters. The third-order valence-corrected chi connectivity index (χ3v) is 8.26. The van der Waals surface area contributed by atoms with Gasteiger partial charge in [0.2, 0.25) is 0 Å². The van der Waals surface area contributed by atoms with E-state index >= 15 is 0 Å². The Morgan fingerprint density at radius 3 is 2.82 bits per heavy atom. The zero-order valence-corrected chi connectivity index (χ0v) is 17.4. The Kier molecular flexibility index (Phi) is 5.84. The molecule has 8 nitrogen and oxygen atoms in total.